The van der Waals surface area contributed by atoms with Crippen LogP contribution in [0.25, 0.3) is 0 Å². The summed E-state index contributed by atoms with van der Waals surface area (Å²) in [5, 5.41) is 27.8. The van der Waals surface area contributed by atoms with E-state index in [9.17, 15) is 24.6 Å². The number of hydrogen-bond donors (Lipinski definition) is 4. The molecule has 5 atom stereocenters. The monoisotopic (exact) mass is 646 g/mol. The highest BCUT2D eigenvalue weighted by molar-refractivity contribution is 5.91. The first-order valence-corrected chi connectivity index (χ1v) is 17.2. The molecule has 0 radical (unpaired) electrons. The molecule has 1 fully saturated rings. The van der Waals surface area contributed by atoms with Crippen LogP contribution in [0.3, 0.4) is 0 Å². The summed E-state index contributed by atoms with van der Waals surface area (Å²) in [7, 11) is 1.71. The SMILES string of the molecule is C#CC[C@H](NC(=O)C(CC(=O)N(C)CCc1ccccn1)Cc1ccccc1)C(=O)N[C@@H](CC1CCCCC1)[C@@H](O)[C@@H](O)CC(C)C. The van der Waals surface area contributed by atoms with Crippen molar-refractivity contribution >= 4 is 17.7 Å². The van der Waals surface area contributed by atoms with Gasteiger partial charge in [-0.3, -0.25) is 19.4 Å². The minimum Gasteiger partial charge on any atom is -0.390 e. The summed E-state index contributed by atoms with van der Waals surface area (Å²) in [5.41, 5.74) is 1.77. The van der Waals surface area contributed by atoms with Crippen LogP contribution in [-0.2, 0) is 27.2 Å². The Hall–Kier alpha value is -3.74. The van der Waals surface area contributed by atoms with E-state index in [1.807, 2.05) is 62.4 Å². The summed E-state index contributed by atoms with van der Waals surface area (Å²) < 4.78 is 0. The zero-order valence-electron chi connectivity index (χ0n) is 28.3. The second-order valence-electron chi connectivity index (χ2n) is 13.5. The number of carbonyl (C=O) groups is 3. The summed E-state index contributed by atoms with van der Waals surface area (Å²) in [4.78, 5) is 46.8. The normalized spacial score (nSPS) is 16.7. The number of amides is 3. The third-order valence-corrected chi connectivity index (χ3v) is 9.09. The number of likely N-dealkylation sites (N-methyl/N-ethyl adjacent to an activating group) is 1. The van der Waals surface area contributed by atoms with E-state index in [4.69, 9.17) is 6.42 Å². The summed E-state index contributed by atoms with van der Waals surface area (Å²) in [6.07, 6.45) is 12.3. The van der Waals surface area contributed by atoms with Crippen molar-refractivity contribution in [3.8, 4) is 12.3 Å². The maximum absolute atomic E-state index is 13.8. The molecule has 0 bridgehead atoms. The molecule has 3 amide bonds. The zero-order chi connectivity index (χ0) is 34.2. The molecule has 4 N–H and O–H groups in total. The van der Waals surface area contributed by atoms with Crippen LogP contribution in [0.5, 0.6) is 0 Å². The second-order valence-corrected chi connectivity index (χ2v) is 13.5. The Morgan fingerprint density at radius 1 is 1.00 bits per heavy atom. The van der Waals surface area contributed by atoms with Crippen molar-refractivity contribution in [1.82, 2.24) is 20.5 Å². The Labute approximate surface area is 280 Å². The lowest BCUT2D eigenvalue weighted by Crippen LogP contribution is -2.56. The predicted molar refractivity (Wildman–Crippen MR) is 184 cm³/mol. The van der Waals surface area contributed by atoms with Gasteiger partial charge in [-0.25, -0.2) is 0 Å². The first-order chi connectivity index (χ1) is 22.6. The molecule has 0 aliphatic heterocycles. The topological polar surface area (TPSA) is 132 Å². The van der Waals surface area contributed by atoms with Crippen molar-refractivity contribution in [2.24, 2.45) is 17.8 Å². The first kappa shape index (κ1) is 37.7. The molecule has 1 aromatic heterocycles. The number of nitrogens with zero attached hydrogens (tertiary/aromatic N) is 2. The zero-order valence-corrected chi connectivity index (χ0v) is 28.3. The predicted octanol–water partition coefficient (Wildman–Crippen LogP) is 4.06. The number of aromatic nitrogens is 1. The van der Waals surface area contributed by atoms with Gasteiger partial charge < -0.3 is 25.7 Å². The van der Waals surface area contributed by atoms with Gasteiger partial charge in [0, 0.05) is 44.7 Å². The van der Waals surface area contributed by atoms with Gasteiger partial charge in [0.1, 0.15) is 12.1 Å². The minimum absolute atomic E-state index is 0.0474. The third kappa shape index (κ3) is 13.1. The molecular formula is C38H54N4O5. The fourth-order valence-electron chi connectivity index (χ4n) is 6.33. The van der Waals surface area contributed by atoms with Crippen LogP contribution in [0.4, 0.5) is 0 Å². The maximum atomic E-state index is 13.8. The Morgan fingerprint density at radius 2 is 1.70 bits per heavy atom. The number of nitrogens with one attached hydrogen (secondary N) is 2. The van der Waals surface area contributed by atoms with Gasteiger partial charge >= 0.3 is 0 Å². The lowest BCUT2D eigenvalue weighted by Gasteiger charge is -2.33. The van der Waals surface area contributed by atoms with E-state index in [1.165, 1.54) is 6.42 Å². The molecule has 1 aliphatic carbocycles. The van der Waals surface area contributed by atoms with Gasteiger partial charge in [0.25, 0.3) is 0 Å². The molecular weight excluding hydrogens is 592 g/mol. The highest BCUT2D eigenvalue weighted by Gasteiger charge is 2.34. The minimum atomic E-state index is -1.16. The molecule has 0 saturated heterocycles. The van der Waals surface area contributed by atoms with Crippen molar-refractivity contribution < 1.29 is 24.6 Å². The van der Waals surface area contributed by atoms with E-state index >= 15 is 0 Å². The molecule has 47 heavy (non-hydrogen) atoms. The summed E-state index contributed by atoms with van der Waals surface area (Å²) in [6.45, 7) is 4.39. The number of aliphatic hydroxyl groups excluding tert-OH is 2. The van der Waals surface area contributed by atoms with Crippen LogP contribution in [0.15, 0.2) is 54.7 Å². The first-order valence-electron chi connectivity index (χ1n) is 17.2. The van der Waals surface area contributed by atoms with Gasteiger partial charge in [-0.1, -0.05) is 82.3 Å². The highest BCUT2D eigenvalue weighted by atomic mass is 16.3. The standard InChI is InChI=1S/C38H54N4O5/c1-5-14-32(38(47)41-33(25-29-17-10-7-11-18-29)36(45)34(43)23-27(2)3)40-37(46)30(24-28-15-8-6-9-16-28)26-35(44)42(4)22-20-31-19-12-13-21-39-31/h1,6,8-9,12-13,15-16,19,21,27,29-30,32-34,36,43,45H,7,10-11,14,17-18,20,22-26H2,2-4H3,(H,40,46)(H,41,47)/t30?,32-,33-,34-,36+/m0/s1. The van der Waals surface area contributed by atoms with Crippen LogP contribution in [-0.4, -0.2) is 75.7 Å². The van der Waals surface area contributed by atoms with E-state index in [1.54, 1.807) is 18.1 Å². The molecule has 9 heteroatoms. The van der Waals surface area contributed by atoms with E-state index < -0.39 is 42.0 Å². The van der Waals surface area contributed by atoms with Gasteiger partial charge in [-0.2, -0.15) is 0 Å². The molecule has 256 valence electrons. The average molecular weight is 647 g/mol. The lowest BCUT2D eigenvalue weighted by molar-refractivity contribution is -0.136. The smallest absolute Gasteiger partial charge is 0.243 e. The van der Waals surface area contributed by atoms with E-state index in [0.29, 0.717) is 38.1 Å². The molecule has 9 nitrogen and oxygen atoms in total. The molecule has 1 aromatic carbocycles. The Kier molecular flexibility index (Phi) is 15.9. The molecule has 3 rings (SSSR count). The Bertz CT molecular complexity index is 1280. The molecule has 1 aliphatic rings. The van der Waals surface area contributed by atoms with Gasteiger partial charge in [0.15, 0.2) is 0 Å². The molecule has 0 spiro atoms. The number of hydrogen-bond acceptors (Lipinski definition) is 6. The number of rotatable bonds is 18. The molecule has 1 unspecified atom stereocenters. The van der Waals surface area contributed by atoms with E-state index in [2.05, 4.69) is 21.5 Å². The van der Waals surface area contributed by atoms with Crippen molar-refractivity contribution in [3.63, 3.8) is 0 Å². The van der Waals surface area contributed by atoms with Crippen molar-refractivity contribution in [2.45, 2.75) is 109 Å². The average Bonchev–Trinajstić information content (AvgIpc) is 3.07. The molecule has 1 saturated carbocycles. The van der Waals surface area contributed by atoms with Crippen LogP contribution in [0, 0.1) is 30.1 Å². The van der Waals surface area contributed by atoms with Gasteiger partial charge in [-0.05, 0) is 48.8 Å². The molecule has 1 heterocycles. The highest BCUT2D eigenvalue weighted by Crippen LogP contribution is 2.29. The van der Waals surface area contributed by atoms with Crippen molar-refractivity contribution in [3.05, 3.63) is 66.0 Å². The number of aliphatic hydroxyl groups is 2. The van der Waals surface area contributed by atoms with Gasteiger partial charge in [0.05, 0.1) is 18.1 Å². The summed E-state index contributed by atoms with van der Waals surface area (Å²) >= 11 is 0. The summed E-state index contributed by atoms with van der Waals surface area (Å²) in [5.74, 6) is 1.10. The van der Waals surface area contributed by atoms with Crippen LogP contribution in [0.2, 0.25) is 0 Å². The summed E-state index contributed by atoms with van der Waals surface area (Å²) in [6, 6.07) is 13.4. The van der Waals surface area contributed by atoms with Gasteiger partial charge in [-0.15, -0.1) is 12.3 Å². The fraction of sp³-hybridized carbons (Fsp3) is 0.579. The Balaban J connectivity index is 1.73. The molecule has 2 aromatic rings. The van der Waals surface area contributed by atoms with E-state index in [0.717, 1.165) is 36.9 Å². The Morgan fingerprint density at radius 3 is 2.34 bits per heavy atom. The van der Waals surface area contributed by atoms with Crippen LogP contribution in [0.1, 0.15) is 82.9 Å². The number of terminal acetylenes is 1. The van der Waals surface area contributed by atoms with Crippen LogP contribution < -0.4 is 10.6 Å². The van der Waals surface area contributed by atoms with E-state index in [-0.39, 0.29) is 24.7 Å². The fourth-order valence-corrected chi connectivity index (χ4v) is 6.33. The second kappa shape index (κ2) is 19.8. The van der Waals surface area contributed by atoms with Crippen molar-refractivity contribution in [2.75, 3.05) is 13.6 Å². The van der Waals surface area contributed by atoms with Crippen LogP contribution >= 0.6 is 0 Å². The van der Waals surface area contributed by atoms with Gasteiger partial charge in [0.2, 0.25) is 17.7 Å². The number of benzene rings is 1. The quantitative estimate of drug-likeness (QED) is 0.181. The number of carbonyl (C=O) groups excluding carboxylic acids is 3. The van der Waals surface area contributed by atoms with Crippen molar-refractivity contribution in [1.29, 1.82) is 0 Å². The third-order valence-electron chi connectivity index (χ3n) is 9.09. The largest absolute Gasteiger partial charge is 0.390 e. The lowest BCUT2D eigenvalue weighted by atomic mass is 9.82. The number of pyridine rings is 1. The maximum Gasteiger partial charge on any atom is 0.243 e.